The van der Waals surface area contributed by atoms with Crippen LogP contribution in [0.3, 0.4) is 0 Å². The van der Waals surface area contributed by atoms with E-state index in [1.807, 2.05) is 48.0 Å². The first-order chi connectivity index (χ1) is 24.3. The average Bonchev–Trinajstić information content (AvgIpc) is 3.53. The molecule has 2 nitrogen and oxygen atoms in total. The van der Waals surface area contributed by atoms with Crippen LogP contribution in [0, 0.1) is 12.1 Å². The largest absolute Gasteiger partial charge is 0.305 e. The standard InChI is InChI=1S/C32H26NS.C14H16NSi.Ir/c1-3-21(4-2)23-16-17-33-30(19-23)25-12-14-28-29-18-24(13-15-31(29)34-32(28)20-25)27-11-7-9-22-8-5-6-10-26(22)27;1-16(2,3)13-9-10-14(15-11-13)12-7-5-4-6-8-12;/h5-11,13-21H,3-4H2,1-2H3;4-7,9-11H,1-3H3;/q2*-1;. The maximum absolute atomic E-state index is 4.68. The molecule has 0 fully saturated rings. The van der Waals surface area contributed by atoms with Gasteiger partial charge in [-0.05, 0) is 79.5 Å². The Morgan fingerprint density at radius 1 is 0.667 bits per heavy atom. The van der Waals surface area contributed by atoms with Crippen LogP contribution in [0.4, 0.5) is 0 Å². The summed E-state index contributed by atoms with van der Waals surface area (Å²) in [6, 6.07) is 49.8. The molecular formula is C46H42IrN2SSi-2. The zero-order chi connectivity index (χ0) is 34.7. The molecular weight excluding hydrogens is 833 g/mol. The van der Waals surface area contributed by atoms with Crippen LogP contribution in [-0.4, -0.2) is 18.0 Å². The van der Waals surface area contributed by atoms with E-state index >= 15 is 0 Å². The molecule has 0 aliphatic carbocycles. The van der Waals surface area contributed by atoms with Crippen LogP contribution >= 0.6 is 11.3 Å². The van der Waals surface area contributed by atoms with Gasteiger partial charge in [0.2, 0.25) is 0 Å². The molecule has 3 heterocycles. The minimum absolute atomic E-state index is 0. The quantitative estimate of drug-likeness (QED) is 0.118. The second-order valence-corrected chi connectivity index (χ2v) is 20.1. The summed E-state index contributed by atoms with van der Waals surface area (Å²) in [5.74, 6) is 0.585. The zero-order valence-corrected chi connectivity index (χ0v) is 34.0. The Morgan fingerprint density at radius 2 is 1.47 bits per heavy atom. The van der Waals surface area contributed by atoms with Crippen LogP contribution in [0.5, 0.6) is 0 Å². The van der Waals surface area contributed by atoms with Crippen LogP contribution in [0.1, 0.15) is 38.2 Å². The van der Waals surface area contributed by atoms with Gasteiger partial charge >= 0.3 is 0 Å². The Balaban J connectivity index is 0.000000222. The van der Waals surface area contributed by atoms with Crippen LogP contribution in [-0.2, 0) is 20.1 Å². The zero-order valence-electron chi connectivity index (χ0n) is 29.8. The molecule has 0 saturated heterocycles. The Morgan fingerprint density at radius 3 is 2.22 bits per heavy atom. The first-order valence-electron chi connectivity index (χ1n) is 17.6. The summed E-state index contributed by atoms with van der Waals surface area (Å²) in [5, 5.41) is 6.53. The Bertz CT molecular complexity index is 2390. The molecule has 0 aliphatic rings. The number of benzene rings is 5. The number of fused-ring (bicyclic) bond motifs is 4. The van der Waals surface area contributed by atoms with E-state index in [1.54, 1.807) is 0 Å². The predicted octanol–water partition coefficient (Wildman–Crippen LogP) is 12.7. The molecule has 0 unspecified atom stereocenters. The molecule has 0 aliphatic heterocycles. The van der Waals surface area contributed by atoms with Gasteiger partial charge in [-0.2, -0.15) is 11.3 Å². The van der Waals surface area contributed by atoms with Crippen molar-refractivity contribution in [2.24, 2.45) is 0 Å². The van der Waals surface area contributed by atoms with Crippen molar-refractivity contribution in [3.05, 3.63) is 151 Å². The fourth-order valence-electron chi connectivity index (χ4n) is 6.66. The fourth-order valence-corrected chi connectivity index (χ4v) is 8.81. The summed E-state index contributed by atoms with van der Waals surface area (Å²) in [4.78, 5) is 9.20. The van der Waals surface area contributed by atoms with Crippen LogP contribution in [0.2, 0.25) is 19.6 Å². The summed E-state index contributed by atoms with van der Waals surface area (Å²) in [6.07, 6.45) is 6.26. The average molecular weight is 875 g/mol. The van der Waals surface area contributed by atoms with Crippen molar-refractivity contribution in [1.82, 2.24) is 9.97 Å². The van der Waals surface area contributed by atoms with Gasteiger partial charge in [0.15, 0.2) is 0 Å². The molecule has 3 aromatic heterocycles. The van der Waals surface area contributed by atoms with E-state index in [4.69, 9.17) is 0 Å². The van der Waals surface area contributed by atoms with E-state index in [0.29, 0.717) is 5.92 Å². The number of hydrogen-bond acceptors (Lipinski definition) is 3. The van der Waals surface area contributed by atoms with Crippen LogP contribution < -0.4 is 5.19 Å². The van der Waals surface area contributed by atoms with Gasteiger partial charge in [-0.1, -0.05) is 117 Å². The van der Waals surface area contributed by atoms with Crippen molar-refractivity contribution in [2.45, 2.75) is 52.2 Å². The maximum Gasteiger partial charge on any atom is 0.0795 e. The Kier molecular flexibility index (Phi) is 11.4. The number of rotatable bonds is 7. The van der Waals surface area contributed by atoms with Crippen molar-refractivity contribution < 1.29 is 20.1 Å². The van der Waals surface area contributed by atoms with E-state index in [2.05, 4.69) is 153 Å². The third-order valence-corrected chi connectivity index (χ3v) is 12.8. The number of thiophene rings is 1. The topological polar surface area (TPSA) is 25.8 Å². The number of hydrogen-bond donors (Lipinski definition) is 0. The van der Waals surface area contributed by atoms with E-state index in [1.165, 1.54) is 52.8 Å². The molecule has 5 heteroatoms. The summed E-state index contributed by atoms with van der Waals surface area (Å²) >= 11 is 1.85. The summed E-state index contributed by atoms with van der Waals surface area (Å²) in [6.45, 7) is 11.5. The maximum atomic E-state index is 4.68. The summed E-state index contributed by atoms with van der Waals surface area (Å²) < 4.78 is 2.59. The van der Waals surface area contributed by atoms with E-state index < -0.39 is 8.07 Å². The van der Waals surface area contributed by atoms with Gasteiger partial charge in [0.1, 0.15) is 0 Å². The molecule has 0 atom stereocenters. The van der Waals surface area contributed by atoms with Crippen molar-refractivity contribution in [2.75, 3.05) is 0 Å². The normalized spacial score (nSPS) is 11.4. The van der Waals surface area contributed by atoms with E-state index in [-0.39, 0.29) is 20.1 Å². The van der Waals surface area contributed by atoms with Gasteiger partial charge in [0.25, 0.3) is 0 Å². The number of aromatic nitrogens is 2. The van der Waals surface area contributed by atoms with Crippen LogP contribution in [0.15, 0.2) is 134 Å². The second-order valence-electron chi connectivity index (χ2n) is 13.9. The van der Waals surface area contributed by atoms with Gasteiger partial charge in [0, 0.05) is 37.2 Å². The summed E-state index contributed by atoms with van der Waals surface area (Å²) in [7, 11) is -1.23. The third kappa shape index (κ3) is 7.98. The van der Waals surface area contributed by atoms with Crippen molar-refractivity contribution in [1.29, 1.82) is 0 Å². The van der Waals surface area contributed by atoms with Crippen molar-refractivity contribution in [3.8, 4) is 33.6 Å². The molecule has 5 aromatic carbocycles. The molecule has 0 spiro atoms. The number of pyridine rings is 2. The molecule has 0 N–H and O–H groups in total. The molecule has 1 radical (unpaired) electrons. The van der Waals surface area contributed by atoms with Gasteiger partial charge in [-0.25, -0.2) is 0 Å². The van der Waals surface area contributed by atoms with Crippen molar-refractivity contribution >= 4 is 55.5 Å². The third-order valence-electron chi connectivity index (χ3n) is 9.63. The number of nitrogens with zero attached hydrogens (tertiary/aromatic N) is 2. The van der Waals surface area contributed by atoms with Gasteiger partial charge in [-0.3, -0.25) is 0 Å². The molecule has 51 heavy (non-hydrogen) atoms. The fraction of sp³-hybridized carbons (Fsp3) is 0.174. The molecule has 0 amide bonds. The first-order valence-corrected chi connectivity index (χ1v) is 21.9. The molecule has 0 bridgehead atoms. The van der Waals surface area contributed by atoms with Gasteiger partial charge < -0.3 is 9.97 Å². The molecule has 8 aromatic rings. The SMILES string of the molecule is CCC(CC)c1ccnc(-c2[c-]cc3c(c2)sc2ccc(-c4cccc5ccccc45)cc23)c1.C[Si](C)(C)c1ccc(-c2[c-]cccc2)nc1.[Ir]. The van der Waals surface area contributed by atoms with Gasteiger partial charge in [0.05, 0.1) is 8.07 Å². The minimum Gasteiger partial charge on any atom is -0.305 e. The summed E-state index contributed by atoms with van der Waals surface area (Å²) in [5.41, 5.74) is 8.06. The smallest absolute Gasteiger partial charge is 0.0795 e. The predicted molar refractivity (Wildman–Crippen MR) is 219 cm³/mol. The van der Waals surface area contributed by atoms with E-state index in [9.17, 15) is 0 Å². The molecule has 257 valence electrons. The van der Waals surface area contributed by atoms with E-state index in [0.717, 1.165) is 35.4 Å². The first kappa shape index (κ1) is 36.5. The molecule has 0 saturated carbocycles. The minimum atomic E-state index is -1.23. The molecule has 8 rings (SSSR count). The monoisotopic (exact) mass is 875 g/mol. The second kappa shape index (κ2) is 16.0. The Labute approximate surface area is 321 Å². The Hall–Kier alpha value is -4.25. The van der Waals surface area contributed by atoms with Gasteiger partial charge in [-0.15, -0.1) is 59.7 Å². The van der Waals surface area contributed by atoms with Crippen molar-refractivity contribution in [3.63, 3.8) is 0 Å². The van der Waals surface area contributed by atoms with Crippen LogP contribution in [0.25, 0.3) is 64.6 Å².